The van der Waals surface area contributed by atoms with E-state index in [1.54, 1.807) is 6.92 Å². The van der Waals surface area contributed by atoms with Crippen LogP contribution in [0.2, 0.25) is 0 Å². The summed E-state index contributed by atoms with van der Waals surface area (Å²) in [6.07, 6.45) is 1.16. The first-order valence-electron chi connectivity index (χ1n) is 7.26. The minimum absolute atomic E-state index is 0.0227. The molecule has 1 N–H and O–H groups in total. The Balaban J connectivity index is 2.14. The SMILES string of the molecule is COC(=O)c1sc2nc(/C(Cl)=C/c3cccc(F)c3F)[nH]c(=O)c2c1C. The monoisotopic (exact) mass is 396 g/mol. The number of hydrogen-bond donors (Lipinski definition) is 1. The Hall–Kier alpha value is -2.58. The van der Waals surface area contributed by atoms with Gasteiger partial charge in [0.05, 0.1) is 17.5 Å². The molecule has 0 saturated heterocycles. The lowest BCUT2D eigenvalue weighted by Gasteiger charge is -2.02. The number of H-pyrrole nitrogens is 1. The van der Waals surface area contributed by atoms with Crippen molar-refractivity contribution in [3.05, 3.63) is 62.0 Å². The zero-order valence-corrected chi connectivity index (χ0v) is 15.1. The van der Waals surface area contributed by atoms with Crippen LogP contribution in [-0.4, -0.2) is 23.0 Å². The standard InChI is InChI=1S/C17H11ClF2N2O3S/c1-7-11-15(23)21-14(22-16(11)26-13(7)17(24)25-2)9(18)6-8-4-3-5-10(19)12(8)20/h3-6H,1-2H3,(H,21,22,23)/b9-6-. The van der Waals surface area contributed by atoms with Gasteiger partial charge >= 0.3 is 5.97 Å². The highest BCUT2D eigenvalue weighted by Gasteiger charge is 2.20. The van der Waals surface area contributed by atoms with E-state index in [0.29, 0.717) is 5.56 Å². The number of halogens is 3. The van der Waals surface area contributed by atoms with Crippen LogP contribution in [0.5, 0.6) is 0 Å². The number of ether oxygens (including phenoxy) is 1. The lowest BCUT2D eigenvalue weighted by Crippen LogP contribution is -2.10. The Morgan fingerprint density at radius 2 is 2.12 bits per heavy atom. The summed E-state index contributed by atoms with van der Waals surface area (Å²) in [6, 6.07) is 3.65. The van der Waals surface area contributed by atoms with E-state index in [4.69, 9.17) is 11.6 Å². The van der Waals surface area contributed by atoms with Crippen molar-refractivity contribution in [2.75, 3.05) is 7.11 Å². The van der Waals surface area contributed by atoms with Crippen molar-refractivity contribution >= 4 is 50.2 Å². The lowest BCUT2D eigenvalue weighted by molar-refractivity contribution is 0.0605. The topological polar surface area (TPSA) is 72.0 Å². The van der Waals surface area contributed by atoms with Crippen molar-refractivity contribution in [3.8, 4) is 0 Å². The largest absolute Gasteiger partial charge is 0.465 e. The Kier molecular flexibility index (Phi) is 4.88. The second-order valence-corrected chi connectivity index (χ2v) is 6.68. The molecule has 0 spiro atoms. The molecule has 0 unspecified atom stereocenters. The van der Waals surface area contributed by atoms with Gasteiger partial charge in [-0.3, -0.25) is 4.79 Å². The van der Waals surface area contributed by atoms with Crippen LogP contribution in [0.3, 0.4) is 0 Å². The summed E-state index contributed by atoms with van der Waals surface area (Å²) < 4.78 is 31.8. The minimum Gasteiger partial charge on any atom is -0.465 e. The number of thiophene rings is 1. The zero-order chi connectivity index (χ0) is 19.0. The molecule has 0 aliphatic carbocycles. The van der Waals surface area contributed by atoms with E-state index >= 15 is 0 Å². The highest BCUT2D eigenvalue weighted by molar-refractivity contribution is 7.20. The molecule has 3 rings (SSSR count). The number of aryl methyl sites for hydroxylation is 1. The molecule has 2 aromatic heterocycles. The smallest absolute Gasteiger partial charge is 0.348 e. The maximum atomic E-state index is 13.8. The van der Waals surface area contributed by atoms with Crippen LogP contribution >= 0.6 is 22.9 Å². The first-order valence-corrected chi connectivity index (χ1v) is 8.46. The molecule has 0 amide bonds. The molecule has 0 saturated carbocycles. The second-order valence-electron chi connectivity index (χ2n) is 5.28. The average molecular weight is 397 g/mol. The van der Waals surface area contributed by atoms with E-state index in [2.05, 4.69) is 14.7 Å². The molecule has 0 radical (unpaired) electrons. The third-order valence-electron chi connectivity index (χ3n) is 3.66. The van der Waals surface area contributed by atoms with Gasteiger partial charge in [0.1, 0.15) is 9.71 Å². The van der Waals surface area contributed by atoms with Crippen LogP contribution < -0.4 is 5.56 Å². The summed E-state index contributed by atoms with van der Waals surface area (Å²) in [5, 5.41) is 0.166. The molecule has 1 aromatic carbocycles. The van der Waals surface area contributed by atoms with Crippen LogP contribution in [0.4, 0.5) is 8.78 Å². The van der Waals surface area contributed by atoms with Crippen LogP contribution in [0.15, 0.2) is 23.0 Å². The number of nitrogens with one attached hydrogen (secondary N) is 1. The maximum absolute atomic E-state index is 13.8. The summed E-state index contributed by atoms with van der Waals surface area (Å²) >= 11 is 7.11. The number of rotatable bonds is 3. The van der Waals surface area contributed by atoms with E-state index in [1.807, 2.05) is 0 Å². The van der Waals surface area contributed by atoms with Gasteiger partial charge in [-0.25, -0.2) is 18.6 Å². The van der Waals surface area contributed by atoms with Gasteiger partial charge in [0, 0.05) is 5.56 Å². The molecule has 3 aromatic rings. The Bertz CT molecular complexity index is 1120. The van der Waals surface area contributed by atoms with Gasteiger partial charge in [0.2, 0.25) is 0 Å². The Labute approximate surface area is 154 Å². The number of methoxy groups -OCH3 is 1. The van der Waals surface area contributed by atoms with E-state index in [9.17, 15) is 18.4 Å². The highest BCUT2D eigenvalue weighted by atomic mass is 35.5. The summed E-state index contributed by atoms with van der Waals surface area (Å²) in [6.45, 7) is 1.61. The quantitative estimate of drug-likeness (QED) is 0.677. The molecule has 0 aliphatic heterocycles. The zero-order valence-electron chi connectivity index (χ0n) is 13.5. The molecular formula is C17H11ClF2N2O3S. The van der Waals surface area contributed by atoms with Crippen molar-refractivity contribution in [2.24, 2.45) is 0 Å². The van der Waals surface area contributed by atoms with Gasteiger partial charge in [0.25, 0.3) is 5.56 Å². The molecule has 134 valence electrons. The first-order chi connectivity index (χ1) is 12.3. The number of aromatic nitrogens is 2. The highest BCUT2D eigenvalue weighted by Crippen LogP contribution is 2.29. The number of hydrogen-bond acceptors (Lipinski definition) is 5. The second kappa shape index (κ2) is 6.97. The Morgan fingerprint density at radius 1 is 1.38 bits per heavy atom. The fourth-order valence-corrected chi connectivity index (χ4v) is 3.69. The number of benzene rings is 1. The lowest BCUT2D eigenvalue weighted by atomic mass is 10.2. The number of nitrogens with zero attached hydrogens (tertiary/aromatic N) is 1. The van der Waals surface area contributed by atoms with Crippen LogP contribution in [-0.2, 0) is 4.74 Å². The predicted octanol–water partition coefficient (Wildman–Crippen LogP) is 4.09. The number of aromatic amines is 1. The molecule has 0 fully saturated rings. The van der Waals surface area contributed by atoms with Gasteiger partial charge in [-0.1, -0.05) is 23.7 Å². The van der Waals surface area contributed by atoms with Gasteiger partial charge in [-0.15, -0.1) is 11.3 Å². The summed E-state index contributed by atoms with van der Waals surface area (Å²) in [5.41, 5.74) is -0.135. The first kappa shape index (κ1) is 18.2. The summed E-state index contributed by atoms with van der Waals surface area (Å²) in [5.74, 6) is -2.67. The third kappa shape index (κ3) is 3.13. The molecule has 0 bridgehead atoms. The fourth-order valence-electron chi connectivity index (χ4n) is 2.38. The average Bonchev–Trinajstić information content (AvgIpc) is 2.95. The van der Waals surface area contributed by atoms with Crippen LogP contribution in [0, 0.1) is 18.6 Å². The van der Waals surface area contributed by atoms with E-state index in [-0.39, 0.29) is 31.5 Å². The maximum Gasteiger partial charge on any atom is 0.348 e. The fraction of sp³-hybridized carbons (Fsp3) is 0.118. The van der Waals surface area contributed by atoms with E-state index < -0.39 is 23.2 Å². The number of carbonyl (C=O) groups excluding carboxylic acids is 1. The van der Waals surface area contributed by atoms with Crippen LogP contribution in [0.1, 0.15) is 26.6 Å². The number of carbonyl (C=O) groups is 1. The predicted molar refractivity (Wildman–Crippen MR) is 96.4 cm³/mol. The molecule has 26 heavy (non-hydrogen) atoms. The summed E-state index contributed by atoms with van der Waals surface area (Å²) in [4.78, 5) is 31.4. The molecular weight excluding hydrogens is 386 g/mol. The van der Waals surface area contributed by atoms with Crippen LogP contribution in [0.25, 0.3) is 21.3 Å². The van der Waals surface area contributed by atoms with Gasteiger partial charge in [-0.2, -0.15) is 0 Å². The molecule has 2 heterocycles. The minimum atomic E-state index is -1.06. The van der Waals surface area contributed by atoms with Gasteiger partial charge in [-0.05, 0) is 24.6 Å². The summed E-state index contributed by atoms with van der Waals surface area (Å²) in [7, 11) is 1.24. The molecule has 5 nitrogen and oxygen atoms in total. The van der Waals surface area contributed by atoms with Crippen molar-refractivity contribution in [1.82, 2.24) is 9.97 Å². The van der Waals surface area contributed by atoms with E-state index in [0.717, 1.165) is 23.5 Å². The van der Waals surface area contributed by atoms with Crippen molar-refractivity contribution < 1.29 is 18.3 Å². The third-order valence-corrected chi connectivity index (χ3v) is 5.12. The molecule has 9 heteroatoms. The molecule has 0 atom stereocenters. The Morgan fingerprint density at radius 3 is 2.81 bits per heavy atom. The van der Waals surface area contributed by atoms with Crippen molar-refractivity contribution in [3.63, 3.8) is 0 Å². The van der Waals surface area contributed by atoms with Gasteiger partial charge < -0.3 is 9.72 Å². The normalized spacial score (nSPS) is 11.8. The number of esters is 1. The van der Waals surface area contributed by atoms with Crippen molar-refractivity contribution in [2.45, 2.75) is 6.92 Å². The van der Waals surface area contributed by atoms with Gasteiger partial charge in [0.15, 0.2) is 17.5 Å². The van der Waals surface area contributed by atoms with E-state index in [1.165, 1.54) is 19.2 Å². The molecule has 0 aliphatic rings. The van der Waals surface area contributed by atoms with Crippen molar-refractivity contribution in [1.29, 1.82) is 0 Å². The number of fused-ring (bicyclic) bond motifs is 1.